The molecule has 5 unspecified atom stereocenters. The highest BCUT2D eigenvalue weighted by molar-refractivity contribution is 5.79. The molecular formula is C15H30N2O. The molecular weight excluding hydrogens is 224 g/mol. The van der Waals surface area contributed by atoms with Crippen molar-refractivity contribution in [3.8, 4) is 0 Å². The van der Waals surface area contributed by atoms with E-state index in [4.69, 9.17) is 5.73 Å². The Morgan fingerprint density at radius 3 is 2.39 bits per heavy atom. The first-order valence-electron chi connectivity index (χ1n) is 7.36. The normalized spacial score (nSPS) is 34.4. The molecule has 0 radical (unpaired) electrons. The van der Waals surface area contributed by atoms with Crippen molar-refractivity contribution in [1.82, 2.24) is 5.32 Å². The van der Waals surface area contributed by atoms with Gasteiger partial charge in [0.1, 0.15) is 0 Å². The Morgan fingerprint density at radius 2 is 1.83 bits per heavy atom. The van der Waals surface area contributed by atoms with E-state index in [9.17, 15) is 4.79 Å². The van der Waals surface area contributed by atoms with Crippen molar-refractivity contribution in [2.45, 2.75) is 53.5 Å². The second-order valence-corrected chi connectivity index (χ2v) is 6.66. The number of carbonyl (C=O) groups excluding carboxylic acids is 1. The molecule has 1 amide bonds. The molecule has 0 bridgehead atoms. The van der Waals surface area contributed by atoms with Gasteiger partial charge in [0.15, 0.2) is 0 Å². The summed E-state index contributed by atoms with van der Waals surface area (Å²) in [6.45, 7) is 11.7. The summed E-state index contributed by atoms with van der Waals surface area (Å²) in [5, 5.41) is 3.10. The van der Waals surface area contributed by atoms with Crippen LogP contribution in [0, 0.1) is 29.6 Å². The molecule has 0 spiro atoms. The summed E-state index contributed by atoms with van der Waals surface area (Å²) < 4.78 is 0. The number of carbonyl (C=O) groups is 1. The summed E-state index contributed by atoms with van der Waals surface area (Å²) in [4.78, 5) is 12.2. The van der Waals surface area contributed by atoms with E-state index in [0.717, 1.165) is 19.4 Å². The molecule has 0 aromatic carbocycles. The van der Waals surface area contributed by atoms with E-state index in [2.05, 4.69) is 39.9 Å². The number of nitrogens with one attached hydrogen (secondary N) is 1. The maximum Gasteiger partial charge on any atom is 0.223 e. The molecule has 18 heavy (non-hydrogen) atoms. The van der Waals surface area contributed by atoms with Gasteiger partial charge in [0.05, 0.1) is 0 Å². The first kappa shape index (κ1) is 15.5. The van der Waals surface area contributed by atoms with Crippen LogP contribution in [0.25, 0.3) is 0 Å². The first-order valence-corrected chi connectivity index (χ1v) is 7.36. The second-order valence-electron chi connectivity index (χ2n) is 6.66. The summed E-state index contributed by atoms with van der Waals surface area (Å²) in [5.74, 6) is 2.44. The standard InChI is InChI=1S/C15H30N2O/c1-9(2)12(5)8-17-15(18)13-7-14(16)11(4)6-10(13)3/h9-14H,6-8,16H2,1-5H3,(H,17,18). The number of nitrogens with two attached hydrogens (primary N) is 1. The monoisotopic (exact) mass is 254 g/mol. The number of hydrogen-bond acceptors (Lipinski definition) is 2. The zero-order valence-electron chi connectivity index (χ0n) is 12.6. The Hall–Kier alpha value is -0.570. The zero-order chi connectivity index (χ0) is 13.9. The van der Waals surface area contributed by atoms with Gasteiger partial charge >= 0.3 is 0 Å². The average molecular weight is 254 g/mol. The van der Waals surface area contributed by atoms with Crippen molar-refractivity contribution in [1.29, 1.82) is 0 Å². The molecule has 0 aromatic heterocycles. The summed E-state index contributed by atoms with van der Waals surface area (Å²) in [7, 11) is 0. The third-order valence-electron chi connectivity index (χ3n) is 4.76. The number of rotatable bonds is 4. The highest BCUT2D eigenvalue weighted by Crippen LogP contribution is 2.32. The van der Waals surface area contributed by atoms with Gasteiger partial charge in [-0.2, -0.15) is 0 Å². The van der Waals surface area contributed by atoms with Crippen molar-refractivity contribution < 1.29 is 4.79 Å². The quantitative estimate of drug-likeness (QED) is 0.809. The lowest BCUT2D eigenvalue weighted by molar-refractivity contribution is -0.128. The fraction of sp³-hybridized carbons (Fsp3) is 0.933. The fourth-order valence-electron chi connectivity index (χ4n) is 2.68. The molecule has 3 nitrogen and oxygen atoms in total. The van der Waals surface area contributed by atoms with Gasteiger partial charge in [0.2, 0.25) is 5.91 Å². The van der Waals surface area contributed by atoms with Crippen molar-refractivity contribution in [2.24, 2.45) is 35.3 Å². The Morgan fingerprint density at radius 1 is 1.22 bits per heavy atom. The molecule has 3 N–H and O–H groups in total. The van der Waals surface area contributed by atoms with Gasteiger partial charge in [-0.05, 0) is 36.5 Å². The topological polar surface area (TPSA) is 55.1 Å². The minimum absolute atomic E-state index is 0.107. The zero-order valence-corrected chi connectivity index (χ0v) is 12.6. The second kappa shape index (κ2) is 6.55. The van der Waals surface area contributed by atoms with Crippen LogP contribution < -0.4 is 11.1 Å². The van der Waals surface area contributed by atoms with Gasteiger partial charge in [0.25, 0.3) is 0 Å². The maximum atomic E-state index is 12.2. The Labute approximate surface area is 112 Å². The van der Waals surface area contributed by atoms with Gasteiger partial charge in [-0.25, -0.2) is 0 Å². The van der Waals surface area contributed by atoms with Crippen LogP contribution in [0.2, 0.25) is 0 Å². The molecule has 1 fully saturated rings. The van der Waals surface area contributed by atoms with Crippen molar-refractivity contribution in [2.75, 3.05) is 6.54 Å². The van der Waals surface area contributed by atoms with Crippen LogP contribution in [0.3, 0.4) is 0 Å². The largest absolute Gasteiger partial charge is 0.356 e. The van der Waals surface area contributed by atoms with Crippen molar-refractivity contribution in [3.05, 3.63) is 0 Å². The SMILES string of the molecule is CC(C)C(C)CNC(=O)C1CC(N)C(C)CC1C. The molecule has 0 aliphatic heterocycles. The van der Waals surface area contributed by atoms with Crippen LogP contribution in [0.5, 0.6) is 0 Å². The van der Waals surface area contributed by atoms with Crippen molar-refractivity contribution in [3.63, 3.8) is 0 Å². The van der Waals surface area contributed by atoms with Gasteiger partial charge in [-0.1, -0.05) is 34.6 Å². The lowest BCUT2D eigenvalue weighted by Crippen LogP contribution is -2.46. The minimum atomic E-state index is 0.107. The molecule has 0 heterocycles. The lowest BCUT2D eigenvalue weighted by Gasteiger charge is -2.36. The summed E-state index contributed by atoms with van der Waals surface area (Å²) in [5.41, 5.74) is 6.09. The van der Waals surface area contributed by atoms with E-state index in [0.29, 0.717) is 23.7 Å². The molecule has 1 saturated carbocycles. The minimum Gasteiger partial charge on any atom is -0.356 e. The van der Waals surface area contributed by atoms with Crippen LogP contribution >= 0.6 is 0 Å². The summed E-state index contributed by atoms with van der Waals surface area (Å²) >= 11 is 0. The van der Waals surface area contributed by atoms with Crippen molar-refractivity contribution >= 4 is 5.91 Å². The van der Waals surface area contributed by atoms with Gasteiger partial charge < -0.3 is 11.1 Å². The van der Waals surface area contributed by atoms with E-state index in [-0.39, 0.29) is 17.9 Å². The Kier molecular flexibility index (Phi) is 5.64. The predicted molar refractivity (Wildman–Crippen MR) is 76.0 cm³/mol. The number of hydrogen-bond donors (Lipinski definition) is 2. The third kappa shape index (κ3) is 3.98. The lowest BCUT2D eigenvalue weighted by atomic mass is 9.72. The highest BCUT2D eigenvalue weighted by Gasteiger charge is 2.34. The molecule has 5 atom stereocenters. The summed E-state index contributed by atoms with van der Waals surface area (Å²) in [6, 6.07) is 0.180. The molecule has 0 saturated heterocycles. The van der Waals surface area contributed by atoms with Crippen LogP contribution in [0.1, 0.15) is 47.5 Å². The van der Waals surface area contributed by atoms with Gasteiger partial charge in [-0.15, -0.1) is 0 Å². The smallest absolute Gasteiger partial charge is 0.223 e. The van der Waals surface area contributed by atoms with E-state index in [1.54, 1.807) is 0 Å². The van der Waals surface area contributed by atoms with Gasteiger partial charge in [0, 0.05) is 18.5 Å². The van der Waals surface area contributed by atoms with Crippen LogP contribution in [0.4, 0.5) is 0 Å². The maximum absolute atomic E-state index is 12.2. The molecule has 1 aliphatic rings. The van der Waals surface area contributed by atoms with E-state index >= 15 is 0 Å². The van der Waals surface area contributed by atoms with E-state index in [1.807, 2.05) is 0 Å². The van der Waals surface area contributed by atoms with Crippen LogP contribution in [-0.2, 0) is 4.79 Å². The molecule has 1 aliphatic carbocycles. The summed E-state index contributed by atoms with van der Waals surface area (Å²) in [6.07, 6.45) is 1.91. The average Bonchev–Trinajstić information content (AvgIpc) is 2.30. The Balaban J connectivity index is 2.46. The first-order chi connectivity index (χ1) is 8.32. The third-order valence-corrected chi connectivity index (χ3v) is 4.76. The van der Waals surface area contributed by atoms with Crippen LogP contribution in [-0.4, -0.2) is 18.5 Å². The Bertz CT molecular complexity index is 278. The molecule has 3 heteroatoms. The number of amides is 1. The molecule has 1 rings (SSSR count). The van der Waals surface area contributed by atoms with E-state index in [1.165, 1.54) is 0 Å². The molecule has 0 aromatic rings. The van der Waals surface area contributed by atoms with Crippen LogP contribution in [0.15, 0.2) is 0 Å². The fourth-order valence-corrected chi connectivity index (χ4v) is 2.68. The van der Waals surface area contributed by atoms with Gasteiger partial charge in [-0.3, -0.25) is 4.79 Å². The predicted octanol–water partition coefficient (Wildman–Crippen LogP) is 2.40. The van der Waals surface area contributed by atoms with E-state index < -0.39 is 0 Å². The highest BCUT2D eigenvalue weighted by atomic mass is 16.1. The molecule has 106 valence electrons.